The van der Waals surface area contributed by atoms with Crippen molar-refractivity contribution in [2.24, 2.45) is 4.99 Å². The average molecular weight is 542 g/mol. The number of likely N-dealkylation sites (tertiary alicyclic amines) is 1. The van der Waals surface area contributed by atoms with Crippen molar-refractivity contribution in [3.05, 3.63) is 35.4 Å². The molecule has 1 atom stereocenters. The highest BCUT2D eigenvalue weighted by molar-refractivity contribution is 14.0. The molecule has 0 aromatic heterocycles. The SMILES string of the molecule is CN=C(NCCc1cccc(C(=O)N(C)C)c1)NC1CCCN(C2CCCCC2)C1.I. The summed E-state index contributed by atoms with van der Waals surface area (Å²) in [6.07, 6.45) is 10.3. The molecule has 1 amide bonds. The largest absolute Gasteiger partial charge is 0.356 e. The lowest BCUT2D eigenvalue weighted by atomic mass is 9.92. The minimum atomic E-state index is 0. The molecule has 2 N–H and O–H groups in total. The molecule has 1 aliphatic heterocycles. The van der Waals surface area contributed by atoms with Crippen molar-refractivity contribution in [1.82, 2.24) is 20.4 Å². The summed E-state index contributed by atoms with van der Waals surface area (Å²) < 4.78 is 0. The zero-order valence-electron chi connectivity index (χ0n) is 19.4. The van der Waals surface area contributed by atoms with Crippen LogP contribution in [0.4, 0.5) is 0 Å². The van der Waals surface area contributed by atoms with Crippen molar-refractivity contribution in [3.63, 3.8) is 0 Å². The van der Waals surface area contributed by atoms with E-state index >= 15 is 0 Å². The number of amides is 1. The maximum atomic E-state index is 12.2. The van der Waals surface area contributed by atoms with Gasteiger partial charge in [-0.15, -0.1) is 24.0 Å². The number of rotatable bonds is 6. The zero-order valence-corrected chi connectivity index (χ0v) is 21.7. The van der Waals surface area contributed by atoms with E-state index in [1.54, 1.807) is 19.0 Å². The zero-order chi connectivity index (χ0) is 21.3. The molecule has 2 aliphatic rings. The summed E-state index contributed by atoms with van der Waals surface area (Å²) >= 11 is 0. The number of hydrogen-bond acceptors (Lipinski definition) is 3. The third kappa shape index (κ3) is 7.93. The fourth-order valence-corrected chi connectivity index (χ4v) is 4.73. The molecular weight excluding hydrogens is 501 g/mol. The van der Waals surface area contributed by atoms with E-state index in [2.05, 4.69) is 26.6 Å². The summed E-state index contributed by atoms with van der Waals surface area (Å²) in [6.45, 7) is 3.16. The Balaban J connectivity index is 0.00000341. The minimum Gasteiger partial charge on any atom is -0.356 e. The molecule has 174 valence electrons. The molecule has 0 spiro atoms. The van der Waals surface area contributed by atoms with Gasteiger partial charge in [-0.2, -0.15) is 0 Å². The van der Waals surface area contributed by atoms with E-state index in [9.17, 15) is 4.79 Å². The van der Waals surface area contributed by atoms with Gasteiger partial charge in [0.25, 0.3) is 5.91 Å². The number of benzene rings is 1. The van der Waals surface area contributed by atoms with Crippen molar-refractivity contribution in [2.75, 3.05) is 40.8 Å². The summed E-state index contributed by atoms with van der Waals surface area (Å²) in [6, 6.07) is 9.15. The van der Waals surface area contributed by atoms with Crippen molar-refractivity contribution >= 4 is 35.8 Å². The van der Waals surface area contributed by atoms with Crippen LogP contribution in [0.3, 0.4) is 0 Å². The van der Waals surface area contributed by atoms with Crippen LogP contribution in [-0.4, -0.2) is 74.5 Å². The molecule has 2 fully saturated rings. The van der Waals surface area contributed by atoms with Crippen LogP contribution in [0.2, 0.25) is 0 Å². The molecule has 1 saturated heterocycles. The van der Waals surface area contributed by atoms with Crippen molar-refractivity contribution in [3.8, 4) is 0 Å². The van der Waals surface area contributed by atoms with Gasteiger partial charge in [-0.3, -0.25) is 14.7 Å². The predicted octanol–water partition coefficient (Wildman–Crippen LogP) is 3.51. The maximum absolute atomic E-state index is 12.2. The van der Waals surface area contributed by atoms with E-state index in [0.29, 0.717) is 6.04 Å². The van der Waals surface area contributed by atoms with Crippen molar-refractivity contribution in [2.45, 2.75) is 63.5 Å². The van der Waals surface area contributed by atoms with Crippen LogP contribution in [-0.2, 0) is 6.42 Å². The van der Waals surface area contributed by atoms with Crippen molar-refractivity contribution in [1.29, 1.82) is 0 Å². The highest BCUT2D eigenvalue weighted by Crippen LogP contribution is 2.25. The molecule has 7 heteroatoms. The first-order valence-electron chi connectivity index (χ1n) is 11.6. The highest BCUT2D eigenvalue weighted by atomic mass is 127. The molecular formula is C24H40IN5O. The van der Waals surface area contributed by atoms with Gasteiger partial charge >= 0.3 is 0 Å². The summed E-state index contributed by atoms with van der Waals surface area (Å²) in [5.41, 5.74) is 1.90. The van der Waals surface area contributed by atoms with E-state index in [1.807, 2.05) is 25.2 Å². The molecule has 31 heavy (non-hydrogen) atoms. The Morgan fingerprint density at radius 1 is 1.16 bits per heavy atom. The average Bonchev–Trinajstić information content (AvgIpc) is 2.78. The molecule has 1 aliphatic carbocycles. The first kappa shape index (κ1) is 25.9. The number of piperidine rings is 1. The Morgan fingerprint density at radius 2 is 1.94 bits per heavy atom. The third-order valence-electron chi connectivity index (χ3n) is 6.39. The fourth-order valence-electron chi connectivity index (χ4n) is 4.73. The van der Waals surface area contributed by atoms with E-state index < -0.39 is 0 Å². The highest BCUT2D eigenvalue weighted by Gasteiger charge is 2.27. The molecule has 0 bridgehead atoms. The summed E-state index contributed by atoms with van der Waals surface area (Å²) in [4.78, 5) is 20.9. The third-order valence-corrected chi connectivity index (χ3v) is 6.39. The summed E-state index contributed by atoms with van der Waals surface area (Å²) in [7, 11) is 5.41. The second kappa shape index (κ2) is 13.3. The lowest BCUT2D eigenvalue weighted by Crippen LogP contribution is -2.53. The first-order chi connectivity index (χ1) is 14.6. The normalized spacial score (nSPS) is 20.6. The Hall–Kier alpha value is -1.35. The second-order valence-corrected chi connectivity index (χ2v) is 8.92. The number of nitrogens with one attached hydrogen (secondary N) is 2. The predicted molar refractivity (Wildman–Crippen MR) is 140 cm³/mol. The van der Waals surface area contributed by atoms with E-state index in [-0.39, 0.29) is 29.9 Å². The Bertz CT molecular complexity index is 718. The number of guanidine groups is 1. The monoisotopic (exact) mass is 541 g/mol. The molecule has 0 radical (unpaired) electrons. The Kier molecular flexibility index (Phi) is 11.1. The van der Waals surface area contributed by atoms with Crippen LogP contribution in [0, 0.1) is 0 Å². The van der Waals surface area contributed by atoms with Gasteiger partial charge < -0.3 is 15.5 Å². The van der Waals surface area contributed by atoms with Crippen molar-refractivity contribution < 1.29 is 4.79 Å². The summed E-state index contributed by atoms with van der Waals surface area (Å²) in [5, 5.41) is 7.10. The van der Waals surface area contributed by atoms with Crippen LogP contribution in [0.1, 0.15) is 60.9 Å². The maximum Gasteiger partial charge on any atom is 0.253 e. The Labute approximate surface area is 205 Å². The van der Waals surface area contributed by atoms with Crippen LogP contribution >= 0.6 is 24.0 Å². The first-order valence-corrected chi connectivity index (χ1v) is 11.6. The van der Waals surface area contributed by atoms with Crippen LogP contribution in [0.15, 0.2) is 29.3 Å². The minimum absolute atomic E-state index is 0. The molecule has 1 saturated carbocycles. The number of halogens is 1. The van der Waals surface area contributed by atoms with Gasteiger partial charge in [0.2, 0.25) is 0 Å². The molecule has 1 aromatic carbocycles. The van der Waals surface area contributed by atoms with Gasteiger partial charge in [-0.25, -0.2) is 0 Å². The molecule has 1 heterocycles. The van der Waals surface area contributed by atoms with Gasteiger partial charge in [-0.05, 0) is 56.3 Å². The standard InChI is InChI=1S/C24H39N5O.HI/c1-25-24(26-15-14-19-9-7-10-20(17-19)23(30)28(2)3)27-21-11-8-16-29(18-21)22-12-5-4-6-13-22;/h7,9-10,17,21-22H,4-6,8,11-16,18H2,1-3H3,(H2,25,26,27);1H. The van der Waals surface area contributed by atoms with Gasteiger partial charge in [0.15, 0.2) is 5.96 Å². The topological polar surface area (TPSA) is 60.0 Å². The quantitative estimate of drug-likeness (QED) is 0.329. The molecule has 1 unspecified atom stereocenters. The molecule has 6 nitrogen and oxygen atoms in total. The lowest BCUT2D eigenvalue weighted by Gasteiger charge is -2.40. The van der Waals surface area contributed by atoms with E-state index in [1.165, 1.54) is 51.5 Å². The fraction of sp³-hybridized carbons (Fsp3) is 0.667. The van der Waals surface area contributed by atoms with E-state index in [4.69, 9.17) is 0 Å². The van der Waals surface area contributed by atoms with E-state index in [0.717, 1.165) is 42.6 Å². The molecule has 1 aromatic rings. The Morgan fingerprint density at radius 3 is 2.65 bits per heavy atom. The van der Waals surface area contributed by atoms with Gasteiger partial charge in [0, 0.05) is 51.9 Å². The second-order valence-electron chi connectivity index (χ2n) is 8.92. The number of carbonyl (C=O) groups excluding carboxylic acids is 1. The number of nitrogens with zero attached hydrogens (tertiary/aromatic N) is 3. The molecule has 3 rings (SSSR count). The number of carbonyl (C=O) groups is 1. The van der Waals surface area contributed by atoms with Crippen LogP contribution in [0.25, 0.3) is 0 Å². The van der Waals surface area contributed by atoms with Crippen LogP contribution in [0.5, 0.6) is 0 Å². The van der Waals surface area contributed by atoms with Gasteiger partial charge in [0.1, 0.15) is 0 Å². The summed E-state index contributed by atoms with van der Waals surface area (Å²) in [5.74, 6) is 0.924. The van der Waals surface area contributed by atoms with Crippen LogP contribution < -0.4 is 10.6 Å². The number of hydrogen-bond donors (Lipinski definition) is 2. The lowest BCUT2D eigenvalue weighted by molar-refractivity contribution is 0.0827. The van der Waals surface area contributed by atoms with Gasteiger partial charge in [-0.1, -0.05) is 31.4 Å². The van der Waals surface area contributed by atoms with Gasteiger partial charge in [0.05, 0.1) is 0 Å². The smallest absolute Gasteiger partial charge is 0.253 e. The number of aliphatic imine (C=N–C) groups is 1.